The molecule has 2 aromatic heterocycles. The number of hydrogen-bond donors (Lipinski definition) is 1. The predicted molar refractivity (Wildman–Crippen MR) is 151 cm³/mol. The summed E-state index contributed by atoms with van der Waals surface area (Å²) in [6, 6.07) is 8.21. The number of rotatable bonds is 8. The van der Waals surface area contributed by atoms with E-state index >= 15 is 0 Å². The first-order valence-electron chi connectivity index (χ1n) is 12.5. The maximum absolute atomic E-state index is 13.6. The van der Waals surface area contributed by atoms with Gasteiger partial charge < -0.3 is 5.11 Å². The normalized spacial score (nSPS) is 19.1. The molecule has 0 bridgehead atoms. The predicted octanol–water partition coefficient (Wildman–Crippen LogP) is 4.71. The summed E-state index contributed by atoms with van der Waals surface area (Å²) < 4.78 is 26.4. The first-order valence-corrected chi connectivity index (χ1v) is 14.8. The minimum absolute atomic E-state index is 0.0457. The highest BCUT2D eigenvalue weighted by molar-refractivity contribution is 7.97. The van der Waals surface area contributed by atoms with Gasteiger partial charge in [-0.3, -0.25) is 29.6 Å². The maximum atomic E-state index is 13.6. The largest absolute Gasteiger partial charge is 0.503 e. The van der Waals surface area contributed by atoms with Crippen molar-refractivity contribution in [3.8, 4) is 0 Å². The van der Waals surface area contributed by atoms with Gasteiger partial charge in [0.1, 0.15) is 4.21 Å². The number of carbonyl (C=O) groups is 2. The van der Waals surface area contributed by atoms with Crippen LogP contribution in [0.3, 0.4) is 0 Å². The highest BCUT2D eigenvalue weighted by Gasteiger charge is 2.46. The number of nitro groups is 1. The molecule has 0 radical (unpaired) electrons. The molecule has 1 N–H and O–H groups in total. The average Bonchev–Trinajstić information content (AvgIpc) is 3.56. The van der Waals surface area contributed by atoms with Crippen LogP contribution in [-0.2, 0) is 14.6 Å². The van der Waals surface area contributed by atoms with Gasteiger partial charge in [0.15, 0.2) is 16.7 Å². The van der Waals surface area contributed by atoms with Crippen molar-refractivity contribution in [2.45, 2.75) is 42.5 Å². The van der Waals surface area contributed by atoms with Gasteiger partial charge in [-0.15, -0.1) is 0 Å². The summed E-state index contributed by atoms with van der Waals surface area (Å²) in [4.78, 5) is 46.7. The molecular formula is C28H24N4O7S2. The molecule has 3 aromatic rings. The van der Waals surface area contributed by atoms with Crippen LogP contribution in [-0.4, -0.2) is 46.1 Å². The fourth-order valence-corrected chi connectivity index (χ4v) is 7.24. The lowest BCUT2D eigenvalue weighted by Gasteiger charge is -2.25. The molecule has 11 nitrogen and oxygen atoms in total. The number of carbonyl (C=O) groups excluding carboxylic acids is 2. The van der Waals surface area contributed by atoms with Crippen LogP contribution >= 0.6 is 11.3 Å². The minimum atomic E-state index is -4.10. The molecule has 3 heterocycles. The molecule has 1 amide bonds. The zero-order valence-corrected chi connectivity index (χ0v) is 23.5. The fourth-order valence-electron chi connectivity index (χ4n) is 4.61. The number of benzene rings is 1. The van der Waals surface area contributed by atoms with Gasteiger partial charge in [-0.25, -0.2) is 13.4 Å². The second-order valence-corrected chi connectivity index (χ2v) is 12.9. The van der Waals surface area contributed by atoms with Gasteiger partial charge in [-0.1, -0.05) is 55.5 Å². The monoisotopic (exact) mass is 592 g/mol. The SMILES string of the molecule is CC(C)c1ccc(C2C(C(=O)c3cccnc3)=C(O)C(=O)N2c2ncc(S(=O)(=O)C3=CCC([N+](=O)[O-])C=C3)s2)cc1. The summed E-state index contributed by atoms with van der Waals surface area (Å²) in [5.41, 5.74) is 1.53. The zero-order chi connectivity index (χ0) is 29.5. The highest BCUT2D eigenvalue weighted by atomic mass is 32.2. The number of anilines is 1. The Hall–Kier alpha value is -4.49. The summed E-state index contributed by atoms with van der Waals surface area (Å²) in [6.07, 6.45) is 7.51. The molecule has 0 saturated carbocycles. The standard InChI is InChI=1S/C28H24N4O7S2/c1-16(2)17-5-7-18(8-6-17)24-23(25(33)19-4-3-13-29-14-19)26(34)27(35)31(24)28-30-15-22(40-28)41(38,39)21-11-9-20(10-12-21)32(36)37/h3-9,11-16,20,24,34H,10H2,1-2H3. The van der Waals surface area contributed by atoms with Crippen LogP contribution in [0.1, 0.15) is 53.7 Å². The van der Waals surface area contributed by atoms with Crippen LogP contribution in [0.5, 0.6) is 0 Å². The van der Waals surface area contributed by atoms with Crippen LogP contribution in [0.2, 0.25) is 0 Å². The number of sulfone groups is 1. The number of Topliss-reactive ketones (excluding diaryl/α,β-unsaturated/α-hetero) is 1. The number of aromatic nitrogens is 2. The van der Waals surface area contributed by atoms with Gasteiger partial charge in [0.25, 0.3) is 5.91 Å². The molecule has 210 valence electrons. The molecule has 1 aliphatic carbocycles. The smallest absolute Gasteiger partial charge is 0.296 e. The van der Waals surface area contributed by atoms with E-state index in [9.17, 15) is 33.2 Å². The molecule has 1 aliphatic heterocycles. The van der Waals surface area contributed by atoms with Crippen molar-refractivity contribution in [2.75, 3.05) is 4.90 Å². The van der Waals surface area contributed by atoms with Gasteiger partial charge in [-0.2, -0.15) is 0 Å². The Balaban J connectivity index is 1.56. The lowest BCUT2D eigenvalue weighted by Crippen LogP contribution is -2.31. The van der Waals surface area contributed by atoms with Gasteiger partial charge in [0, 0.05) is 29.3 Å². The summed E-state index contributed by atoms with van der Waals surface area (Å²) in [7, 11) is -4.10. The van der Waals surface area contributed by atoms with Crippen LogP contribution in [0.4, 0.5) is 5.13 Å². The Morgan fingerprint density at radius 3 is 2.51 bits per heavy atom. The van der Waals surface area contributed by atoms with Crippen LogP contribution in [0.25, 0.3) is 0 Å². The van der Waals surface area contributed by atoms with Gasteiger partial charge in [0.2, 0.25) is 15.9 Å². The molecule has 13 heteroatoms. The third kappa shape index (κ3) is 5.09. The van der Waals surface area contributed by atoms with E-state index in [1.807, 2.05) is 26.0 Å². The maximum Gasteiger partial charge on any atom is 0.296 e. The van der Waals surface area contributed by atoms with E-state index in [-0.39, 0.29) is 37.7 Å². The van der Waals surface area contributed by atoms with Crippen LogP contribution in [0, 0.1) is 10.1 Å². The van der Waals surface area contributed by atoms with E-state index in [0.29, 0.717) is 16.9 Å². The number of aliphatic hydroxyl groups is 1. The van der Waals surface area contributed by atoms with Crippen molar-refractivity contribution in [1.29, 1.82) is 0 Å². The van der Waals surface area contributed by atoms with E-state index < -0.39 is 44.3 Å². The number of aliphatic hydroxyl groups excluding tert-OH is 1. The molecule has 2 aliphatic rings. The summed E-state index contributed by atoms with van der Waals surface area (Å²) in [5, 5.41) is 22.0. The molecular weight excluding hydrogens is 568 g/mol. The Morgan fingerprint density at radius 2 is 1.93 bits per heavy atom. The van der Waals surface area contributed by atoms with Crippen molar-refractivity contribution >= 4 is 38.0 Å². The molecule has 2 unspecified atom stereocenters. The number of amides is 1. The second-order valence-electron chi connectivity index (χ2n) is 9.75. The molecule has 0 saturated heterocycles. The minimum Gasteiger partial charge on any atom is -0.503 e. The summed E-state index contributed by atoms with van der Waals surface area (Å²) >= 11 is 0.696. The molecule has 41 heavy (non-hydrogen) atoms. The lowest BCUT2D eigenvalue weighted by atomic mass is 9.92. The average molecular weight is 593 g/mol. The number of nitrogens with zero attached hydrogens (tertiary/aromatic N) is 4. The number of ketones is 1. The third-order valence-corrected chi connectivity index (χ3v) is 10.1. The van der Waals surface area contributed by atoms with Crippen molar-refractivity contribution in [1.82, 2.24) is 9.97 Å². The first-order chi connectivity index (χ1) is 19.5. The van der Waals surface area contributed by atoms with Crippen LogP contribution in [0.15, 0.2) is 93.7 Å². The third-order valence-electron chi connectivity index (χ3n) is 6.86. The molecule has 1 aromatic carbocycles. The Morgan fingerprint density at radius 1 is 1.20 bits per heavy atom. The molecule has 0 fully saturated rings. The Bertz CT molecular complexity index is 1740. The molecule has 2 atom stereocenters. The Labute approximate surface area is 239 Å². The van der Waals surface area contributed by atoms with Crippen molar-refractivity contribution < 1.29 is 28.0 Å². The molecule has 5 rings (SSSR count). The van der Waals surface area contributed by atoms with E-state index in [2.05, 4.69) is 9.97 Å². The summed E-state index contributed by atoms with van der Waals surface area (Å²) in [6.45, 7) is 4.05. The fraction of sp³-hybridized carbons (Fsp3) is 0.214. The van der Waals surface area contributed by atoms with E-state index in [0.717, 1.165) is 16.7 Å². The van der Waals surface area contributed by atoms with Gasteiger partial charge in [-0.05, 0) is 41.3 Å². The van der Waals surface area contributed by atoms with E-state index in [4.69, 9.17) is 0 Å². The first kappa shape index (κ1) is 28.1. The summed E-state index contributed by atoms with van der Waals surface area (Å²) in [5.74, 6) is -2.05. The lowest BCUT2D eigenvalue weighted by molar-refractivity contribution is -0.508. The Kier molecular flexibility index (Phi) is 7.41. The second kappa shape index (κ2) is 10.8. The van der Waals surface area contributed by atoms with Crippen LogP contribution < -0.4 is 4.90 Å². The topological polar surface area (TPSA) is 161 Å². The van der Waals surface area contributed by atoms with Gasteiger partial charge in [0.05, 0.1) is 22.7 Å². The number of hydrogen-bond acceptors (Lipinski definition) is 10. The highest BCUT2D eigenvalue weighted by Crippen LogP contribution is 2.44. The number of allylic oxidation sites excluding steroid dienone is 1. The van der Waals surface area contributed by atoms with E-state index in [1.165, 1.54) is 36.7 Å². The quantitative estimate of drug-likeness (QED) is 0.222. The van der Waals surface area contributed by atoms with Crippen molar-refractivity contribution in [3.05, 3.63) is 116 Å². The molecule has 0 spiro atoms. The van der Waals surface area contributed by atoms with Crippen molar-refractivity contribution in [2.24, 2.45) is 0 Å². The number of pyridine rings is 1. The van der Waals surface area contributed by atoms with Crippen molar-refractivity contribution in [3.63, 3.8) is 0 Å². The van der Waals surface area contributed by atoms with Gasteiger partial charge >= 0.3 is 0 Å². The zero-order valence-electron chi connectivity index (χ0n) is 21.9. The number of thiazole rings is 1. The van der Waals surface area contributed by atoms with E-state index in [1.54, 1.807) is 18.2 Å².